The van der Waals surface area contributed by atoms with E-state index in [0.717, 1.165) is 12.0 Å². The molecular formula is C15H19N3. The molecule has 3 nitrogen and oxygen atoms in total. The average molecular weight is 241 g/mol. The van der Waals surface area contributed by atoms with E-state index in [4.69, 9.17) is 11.1 Å². The summed E-state index contributed by atoms with van der Waals surface area (Å²) >= 11 is 0. The molecule has 1 rings (SSSR count). The number of hydrogen-bond donors (Lipinski definition) is 2. The predicted molar refractivity (Wildman–Crippen MR) is 76.6 cm³/mol. The van der Waals surface area contributed by atoms with Gasteiger partial charge in [-0.05, 0) is 17.9 Å². The van der Waals surface area contributed by atoms with E-state index in [2.05, 4.69) is 37.3 Å². The highest BCUT2D eigenvalue weighted by molar-refractivity contribution is 5.83. The summed E-state index contributed by atoms with van der Waals surface area (Å²) in [5.41, 5.74) is 7.01. The van der Waals surface area contributed by atoms with Gasteiger partial charge in [-0.3, -0.25) is 0 Å². The van der Waals surface area contributed by atoms with Gasteiger partial charge in [0.1, 0.15) is 5.82 Å². The van der Waals surface area contributed by atoms with Crippen LogP contribution >= 0.6 is 0 Å². The highest BCUT2D eigenvalue weighted by Crippen LogP contribution is 2.15. The summed E-state index contributed by atoms with van der Waals surface area (Å²) in [6, 6.07) is 1.78. The standard InChI is InChI=1S/C15H19N3/c1-4-11(2)12(3)6-5-7-13-8-14(9-16)15(17)18-10-13/h4,8-12,16H,1,6H2,2-3H3,(H2,17,18)/t11-,12?/m1/s1. The predicted octanol–water partition coefficient (Wildman–Crippen LogP) is 2.86. The fourth-order valence-electron chi connectivity index (χ4n) is 1.41. The molecule has 0 aromatic carbocycles. The van der Waals surface area contributed by atoms with Crippen molar-refractivity contribution in [3.05, 3.63) is 36.0 Å². The Morgan fingerprint density at radius 2 is 2.28 bits per heavy atom. The first-order valence-corrected chi connectivity index (χ1v) is 5.96. The molecule has 0 spiro atoms. The molecule has 0 saturated carbocycles. The van der Waals surface area contributed by atoms with Crippen LogP contribution in [-0.2, 0) is 0 Å². The molecule has 0 aliphatic heterocycles. The molecule has 0 bridgehead atoms. The number of pyridine rings is 1. The van der Waals surface area contributed by atoms with Crippen LogP contribution < -0.4 is 5.73 Å². The Kier molecular flexibility index (Phi) is 5.13. The van der Waals surface area contributed by atoms with Gasteiger partial charge in [0.15, 0.2) is 0 Å². The van der Waals surface area contributed by atoms with E-state index >= 15 is 0 Å². The molecule has 94 valence electrons. The van der Waals surface area contributed by atoms with Crippen LogP contribution in [0, 0.1) is 29.1 Å². The molecule has 3 heteroatoms. The van der Waals surface area contributed by atoms with Crippen molar-refractivity contribution >= 4 is 12.0 Å². The summed E-state index contributed by atoms with van der Waals surface area (Å²) in [4.78, 5) is 4.01. The van der Waals surface area contributed by atoms with Gasteiger partial charge in [0, 0.05) is 30.0 Å². The molecule has 0 aliphatic rings. The molecular weight excluding hydrogens is 222 g/mol. The van der Waals surface area contributed by atoms with Crippen LogP contribution in [0.5, 0.6) is 0 Å². The summed E-state index contributed by atoms with van der Waals surface area (Å²) in [6.07, 6.45) is 5.59. The van der Waals surface area contributed by atoms with E-state index in [1.54, 1.807) is 12.3 Å². The minimum atomic E-state index is 0.365. The molecule has 2 atom stereocenters. The number of hydrogen-bond acceptors (Lipinski definition) is 3. The van der Waals surface area contributed by atoms with Crippen LogP contribution in [0.3, 0.4) is 0 Å². The highest BCUT2D eigenvalue weighted by atomic mass is 14.8. The van der Waals surface area contributed by atoms with Crippen LogP contribution in [0.2, 0.25) is 0 Å². The van der Waals surface area contributed by atoms with Crippen molar-refractivity contribution in [3.8, 4) is 11.8 Å². The quantitative estimate of drug-likeness (QED) is 0.483. The Bertz CT molecular complexity index is 494. The fraction of sp³-hybridized carbons (Fsp3) is 0.333. The first kappa shape index (κ1) is 14.0. The first-order chi connectivity index (χ1) is 8.58. The molecule has 0 radical (unpaired) electrons. The molecule has 1 heterocycles. The zero-order chi connectivity index (χ0) is 13.5. The monoisotopic (exact) mass is 241 g/mol. The molecule has 0 fully saturated rings. The molecule has 1 aromatic heterocycles. The van der Waals surface area contributed by atoms with Gasteiger partial charge in [-0.1, -0.05) is 31.8 Å². The number of rotatable bonds is 4. The van der Waals surface area contributed by atoms with Crippen LogP contribution in [-0.4, -0.2) is 11.2 Å². The largest absolute Gasteiger partial charge is 0.383 e. The zero-order valence-electron chi connectivity index (χ0n) is 10.9. The van der Waals surface area contributed by atoms with Gasteiger partial charge in [0.2, 0.25) is 0 Å². The topological polar surface area (TPSA) is 62.8 Å². The third kappa shape index (κ3) is 3.74. The number of nitrogens with zero attached hydrogens (tertiary/aromatic N) is 1. The van der Waals surface area contributed by atoms with Crippen molar-refractivity contribution < 1.29 is 0 Å². The lowest BCUT2D eigenvalue weighted by atomic mass is 9.93. The SMILES string of the molecule is C=C[C@@H](C)C(C)CC#Cc1cnc(N)c(C=N)c1. The molecule has 1 aromatic rings. The molecule has 3 N–H and O–H groups in total. The minimum absolute atomic E-state index is 0.365. The molecule has 0 aliphatic carbocycles. The number of nitrogens with one attached hydrogen (secondary N) is 1. The average Bonchev–Trinajstić information content (AvgIpc) is 2.39. The lowest BCUT2D eigenvalue weighted by molar-refractivity contribution is 0.472. The van der Waals surface area contributed by atoms with Gasteiger partial charge in [0.05, 0.1) is 0 Å². The third-order valence-corrected chi connectivity index (χ3v) is 3.03. The van der Waals surface area contributed by atoms with Crippen LogP contribution in [0.25, 0.3) is 0 Å². The lowest BCUT2D eigenvalue weighted by Crippen LogP contribution is -2.03. The van der Waals surface area contributed by atoms with Crippen molar-refractivity contribution in [3.63, 3.8) is 0 Å². The second-order valence-electron chi connectivity index (χ2n) is 4.42. The number of aromatic nitrogens is 1. The molecule has 1 unspecified atom stereocenters. The van der Waals surface area contributed by atoms with Crippen molar-refractivity contribution in [1.82, 2.24) is 4.98 Å². The van der Waals surface area contributed by atoms with E-state index < -0.39 is 0 Å². The number of allylic oxidation sites excluding steroid dienone is 1. The van der Waals surface area contributed by atoms with E-state index in [1.807, 2.05) is 6.08 Å². The van der Waals surface area contributed by atoms with Gasteiger partial charge >= 0.3 is 0 Å². The van der Waals surface area contributed by atoms with Gasteiger partial charge in [-0.15, -0.1) is 6.58 Å². The van der Waals surface area contributed by atoms with Crippen molar-refractivity contribution in [2.75, 3.05) is 5.73 Å². The van der Waals surface area contributed by atoms with Gasteiger partial charge in [-0.2, -0.15) is 0 Å². The summed E-state index contributed by atoms with van der Waals surface area (Å²) in [6.45, 7) is 8.08. The van der Waals surface area contributed by atoms with Crippen molar-refractivity contribution in [2.24, 2.45) is 11.8 Å². The summed E-state index contributed by atoms with van der Waals surface area (Å²) in [5, 5.41) is 7.20. The van der Waals surface area contributed by atoms with Crippen molar-refractivity contribution in [1.29, 1.82) is 5.41 Å². The maximum Gasteiger partial charge on any atom is 0.132 e. The van der Waals surface area contributed by atoms with Crippen molar-refractivity contribution in [2.45, 2.75) is 20.3 Å². The van der Waals surface area contributed by atoms with E-state index in [0.29, 0.717) is 23.2 Å². The third-order valence-electron chi connectivity index (χ3n) is 3.03. The molecule has 18 heavy (non-hydrogen) atoms. The van der Waals surface area contributed by atoms with Gasteiger partial charge in [0.25, 0.3) is 0 Å². The first-order valence-electron chi connectivity index (χ1n) is 5.96. The maximum atomic E-state index is 7.20. The summed E-state index contributed by atoms with van der Waals surface area (Å²) < 4.78 is 0. The molecule has 0 saturated heterocycles. The minimum Gasteiger partial charge on any atom is -0.383 e. The Labute approximate surface area is 109 Å². The lowest BCUT2D eigenvalue weighted by Gasteiger charge is -2.11. The normalized spacial score (nSPS) is 13.0. The number of anilines is 1. The van der Waals surface area contributed by atoms with E-state index in [9.17, 15) is 0 Å². The Morgan fingerprint density at radius 1 is 1.56 bits per heavy atom. The Balaban J connectivity index is 2.74. The van der Waals surface area contributed by atoms with E-state index in [-0.39, 0.29) is 0 Å². The maximum absolute atomic E-state index is 7.20. The van der Waals surface area contributed by atoms with E-state index in [1.165, 1.54) is 6.21 Å². The number of nitrogen functional groups attached to an aromatic ring is 1. The zero-order valence-corrected chi connectivity index (χ0v) is 10.9. The number of nitrogens with two attached hydrogens (primary N) is 1. The van der Waals surface area contributed by atoms with Gasteiger partial charge < -0.3 is 11.1 Å². The van der Waals surface area contributed by atoms with Crippen LogP contribution in [0.15, 0.2) is 24.9 Å². The summed E-state index contributed by atoms with van der Waals surface area (Å²) in [7, 11) is 0. The smallest absolute Gasteiger partial charge is 0.132 e. The molecule has 0 amide bonds. The highest BCUT2D eigenvalue weighted by Gasteiger charge is 2.06. The Hall–Kier alpha value is -2.08. The van der Waals surface area contributed by atoms with Crippen LogP contribution in [0.1, 0.15) is 31.4 Å². The Morgan fingerprint density at radius 3 is 2.89 bits per heavy atom. The van der Waals surface area contributed by atoms with Gasteiger partial charge in [-0.25, -0.2) is 4.98 Å². The van der Waals surface area contributed by atoms with Crippen LogP contribution in [0.4, 0.5) is 5.82 Å². The second kappa shape index (κ2) is 6.61. The fourth-order valence-corrected chi connectivity index (χ4v) is 1.41. The summed E-state index contributed by atoms with van der Waals surface area (Å²) in [5.74, 6) is 7.49. The second-order valence-corrected chi connectivity index (χ2v) is 4.42.